The zero-order valence-electron chi connectivity index (χ0n) is 31.0. The fourth-order valence-corrected chi connectivity index (χ4v) is 7.90. The van der Waals surface area contributed by atoms with Gasteiger partial charge in [0.1, 0.15) is 12.1 Å². The first-order chi connectivity index (χ1) is 22.5. The number of ketones is 1. The summed E-state index contributed by atoms with van der Waals surface area (Å²) in [6.45, 7) is 26.8. The quantitative estimate of drug-likeness (QED) is 0.0516. The average molecular weight is 894 g/mol. The molecule has 8 heteroatoms. The fourth-order valence-electron chi connectivity index (χ4n) is 5.38. The van der Waals surface area contributed by atoms with E-state index in [2.05, 4.69) is 87.6 Å². The molecule has 2 aromatic heterocycles. The molecule has 0 unspecified atom stereocenters. The maximum atomic E-state index is 12.2. The number of allylic oxidation sites excluding steroid dienone is 4. The number of thiol groups is 1. The number of thiophene rings is 1. The number of carbonyl (C=O) groups excluding carboxylic acids is 1. The van der Waals surface area contributed by atoms with Gasteiger partial charge < -0.3 is 5.11 Å². The zero-order valence-corrected chi connectivity index (χ0v) is 35.9. The largest absolute Gasteiger partial charge is 0.512 e. The summed E-state index contributed by atoms with van der Waals surface area (Å²) in [4.78, 5) is 23.7. The summed E-state index contributed by atoms with van der Waals surface area (Å²) in [5.41, 5.74) is 5.87. The summed E-state index contributed by atoms with van der Waals surface area (Å²) in [5, 5.41) is 13.1. The van der Waals surface area contributed by atoms with Crippen molar-refractivity contribution in [2.45, 2.75) is 117 Å². The topological polar surface area (TPSA) is 63.1 Å². The SMILES string of the molecule is C=CSc1c[c-]c(-c2ncnc3c2sc2ccc(/C(C)=C/C)c(S)c23)cc1C(C)(C)C.CCC(C)(CC)C(=O)/C=C(\O)C(C)(CC)CC.[Ir]. The first-order valence-corrected chi connectivity index (χ1v) is 19.0. The average Bonchev–Trinajstić information content (AvgIpc) is 3.47. The predicted octanol–water partition coefficient (Wildman–Crippen LogP) is 13.2. The van der Waals surface area contributed by atoms with Crippen molar-refractivity contribution in [3.8, 4) is 11.3 Å². The maximum Gasteiger partial charge on any atom is 0.164 e. The Balaban J connectivity index is 0.000000398. The molecule has 0 amide bonds. The molecule has 2 heterocycles. The van der Waals surface area contributed by atoms with E-state index >= 15 is 0 Å². The van der Waals surface area contributed by atoms with Crippen LogP contribution in [0.1, 0.15) is 113 Å². The molecule has 49 heavy (non-hydrogen) atoms. The summed E-state index contributed by atoms with van der Waals surface area (Å²) in [7, 11) is 0. The number of aliphatic hydroxyl groups is 1. The Kier molecular flexibility index (Phi) is 15.6. The van der Waals surface area contributed by atoms with Crippen molar-refractivity contribution >= 4 is 67.4 Å². The summed E-state index contributed by atoms with van der Waals surface area (Å²) in [6, 6.07) is 12.0. The van der Waals surface area contributed by atoms with Crippen molar-refractivity contribution in [2.75, 3.05) is 0 Å². The molecule has 0 aliphatic carbocycles. The molecule has 0 fully saturated rings. The van der Waals surface area contributed by atoms with Gasteiger partial charge in [0.15, 0.2) is 5.78 Å². The van der Waals surface area contributed by atoms with E-state index in [0.717, 1.165) is 63.0 Å². The van der Waals surface area contributed by atoms with Crippen LogP contribution in [-0.2, 0) is 30.3 Å². The van der Waals surface area contributed by atoms with Crippen LogP contribution >= 0.6 is 35.7 Å². The third-order valence-corrected chi connectivity index (χ3v) is 12.4. The standard InChI is InChI=1S/C26H25N2S3.C15H28O2.Ir/c1-7-15(3)17-10-12-20-21(24(17)29)23-25(31-20)22(27-14-28-23)16-9-11-19(30-8-2)18(13-16)26(4,5)6;1-7-14(5,8-2)12(16)11-13(17)15(6,9-3)10-4;/h7-8,10-14,29H,2H2,1,3-6H3;11,16H,7-10H2,1-6H3;/q-1;;/b15-7+;12-11-;. The van der Waals surface area contributed by atoms with E-state index in [9.17, 15) is 9.90 Å². The third-order valence-electron chi connectivity index (χ3n) is 10.0. The Morgan fingerprint density at radius 1 is 1.04 bits per heavy atom. The molecule has 4 rings (SSSR count). The van der Waals surface area contributed by atoms with Crippen molar-refractivity contribution in [1.29, 1.82) is 0 Å². The second kappa shape index (κ2) is 17.8. The number of carbonyl (C=O) groups is 1. The number of hydrogen-bond donors (Lipinski definition) is 2. The van der Waals surface area contributed by atoms with Gasteiger partial charge >= 0.3 is 0 Å². The monoisotopic (exact) mass is 894 g/mol. The van der Waals surface area contributed by atoms with Gasteiger partial charge in [0.05, 0.1) is 5.52 Å². The van der Waals surface area contributed by atoms with E-state index in [1.165, 1.54) is 26.8 Å². The Bertz CT molecular complexity index is 1840. The second-order valence-electron chi connectivity index (χ2n) is 13.9. The number of fused-ring (bicyclic) bond motifs is 3. The molecular weight excluding hydrogens is 841 g/mol. The number of thioether (sulfide) groups is 1. The molecule has 1 N–H and O–H groups in total. The van der Waals surface area contributed by atoms with E-state index in [0.29, 0.717) is 0 Å². The van der Waals surface area contributed by atoms with Crippen molar-refractivity contribution in [3.63, 3.8) is 0 Å². The van der Waals surface area contributed by atoms with Gasteiger partial charge in [-0.1, -0.05) is 85.9 Å². The van der Waals surface area contributed by atoms with Gasteiger partial charge in [-0.15, -0.1) is 53.3 Å². The summed E-state index contributed by atoms with van der Waals surface area (Å²) in [5.74, 6) is 0.286. The smallest absolute Gasteiger partial charge is 0.164 e. The van der Waals surface area contributed by atoms with Crippen molar-refractivity contribution in [3.05, 3.63) is 77.7 Å². The van der Waals surface area contributed by atoms with E-state index in [4.69, 9.17) is 12.6 Å². The van der Waals surface area contributed by atoms with Crippen LogP contribution in [0.5, 0.6) is 0 Å². The normalized spacial score (nSPS) is 12.8. The number of benzene rings is 2. The van der Waals surface area contributed by atoms with E-state index < -0.39 is 0 Å². The van der Waals surface area contributed by atoms with Gasteiger partial charge in [0.2, 0.25) is 0 Å². The molecule has 0 bridgehead atoms. The number of aliphatic hydroxyl groups excluding tert-OH is 1. The Hall–Kier alpha value is -2.22. The minimum atomic E-state index is -0.337. The van der Waals surface area contributed by atoms with Crippen LogP contribution in [0.15, 0.2) is 70.3 Å². The number of nitrogens with zero attached hydrogens (tertiary/aromatic N) is 2. The summed E-state index contributed by atoms with van der Waals surface area (Å²) >= 11 is 8.25. The molecule has 4 nitrogen and oxygen atoms in total. The van der Waals surface area contributed by atoms with Crippen LogP contribution in [-0.4, -0.2) is 20.9 Å². The van der Waals surface area contributed by atoms with Crippen LogP contribution < -0.4 is 0 Å². The zero-order chi connectivity index (χ0) is 36.0. The molecule has 1 radical (unpaired) electrons. The van der Waals surface area contributed by atoms with Crippen molar-refractivity contribution in [2.24, 2.45) is 10.8 Å². The minimum absolute atomic E-state index is 0. The molecule has 0 spiro atoms. The number of aromatic nitrogens is 2. The van der Waals surface area contributed by atoms with Gasteiger partial charge in [-0.3, -0.25) is 9.78 Å². The Morgan fingerprint density at radius 3 is 2.18 bits per heavy atom. The van der Waals surface area contributed by atoms with Gasteiger partial charge in [-0.25, -0.2) is 4.98 Å². The molecule has 4 aromatic rings. The molecule has 0 saturated heterocycles. The van der Waals surface area contributed by atoms with Crippen molar-refractivity contribution in [1.82, 2.24) is 9.97 Å². The van der Waals surface area contributed by atoms with E-state index in [1.54, 1.807) is 29.4 Å². The number of rotatable bonds is 11. The van der Waals surface area contributed by atoms with Gasteiger partial charge in [-0.2, -0.15) is 11.8 Å². The molecule has 0 aliphatic heterocycles. The van der Waals surface area contributed by atoms with Crippen LogP contribution in [0.2, 0.25) is 0 Å². The first kappa shape index (κ1) is 42.9. The first-order valence-electron chi connectivity index (χ1n) is 16.9. The predicted molar refractivity (Wildman–Crippen MR) is 214 cm³/mol. The second-order valence-corrected chi connectivity index (χ2v) is 16.4. The van der Waals surface area contributed by atoms with Crippen LogP contribution in [0.3, 0.4) is 0 Å². The Morgan fingerprint density at radius 2 is 1.65 bits per heavy atom. The van der Waals surface area contributed by atoms with Gasteiger partial charge in [-0.05, 0) is 67.6 Å². The van der Waals surface area contributed by atoms with Crippen LogP contribution in [0.25, 0.3) is 37.1 Å². The third kappa shape index (κ3) is 9.37. The fraction of sp³-hybridized carbons (Fsp3) is 0.439. The van der Waals surface area contributed by atoms with Gasteiger partial charge in [0, 0.05) is 62.4 Å². The minimum Gasteiger partial charge on any atom is -0.512 e. The molecule has 2 aromatic carbocycles. The van der Waals surface area contributed by atoms with Crippen LogP contribution in [0, 0.1) is 16.9 Å². The van der Waals surface area contributed by atoms with Gasteiger partial charge in [0.25, 0.3) is 0 Å². The molecule has 267 valence electrons. The maximum absolute atomic E-state index is 12.2. The Labute approximate surface area is 322 Å². The summed E-state index contributed by atoms with van der Waals surface area (Å²) in [6.07, 6.45) is 8.52. The van der Waals surface area contributed by atoms with Crippen molar-refractivity contribution < 1.29 is 30.0 Å². The number of hydrogen-bond acceptors (Lipinski definition) is 7. The summed E-state index contributed by atoms with van der Waals surface area (Å²) < 4.78 is 2.24. The molecular formula is C41H53IrN2O2S3-. The van der Waals surface area contributed by atoms with Crippen LogP contribution in [0.4, 0.5) is 0 Å². The molecule has 0 saturated carbocycles. The van der Waals surface area contributed by atoms with E-state index in [-0.39, 0.29) is 47.9 Å². The van der Waals surface area contributed by atoms with E-state index in [1.807, 2.05) is 47.0 Å². The molecule has 0 aliphatic rings. The molecule has 0 atom stereocenters.